The highest BCUT2D eigenvalue weighted by Crippen LogP contribution is 2.10. The van der Waals surface area contributed by atoms with E-state index in [0.717, 1.165) is 12.2 Å². The second-order valence-corrected chi connectivity index (χ2v) is 5.39. The van der Waals surface area contributed by atoms with Gasteiger partial charge in [0.05, 0.1) is 18.7 Å². The summed E-state index contributed by atoms with van der Waals surface area (Å²) in [6.07, 6.45) is 11.3. The van der Waals surface area contributed by atoms with Crippen molar-refractivity contribution in [2.75, 3.05) is 6.61 Å². The van der Waals surface area contributed by atoms with Crippen molar-refractivity contribution in [2.24, 2.45) is 0 Å². The summed E-state index contributed by atoms with van der Waals surface area (Å²) in [5.74, 6) is -0.271. The van der Waals surface area contributed by atoms with Gasteiger partial charge in [-0.05, 0) is 44.0 Å². The van der Waals surface area contributed by atoms with E-state index in [4.69, 9.17) is 4.74 Å². The Balaban J connectivity index is 0.00000264. The highest BCUT2D eigenvalue weighted by atomic mass is 79.9. The van der Waals surface area contributed by atoms with E-state index in [1.165, 1.54) is 25.7 Å². The van der Waals surface area contributed by atoms with E-state index in [1.807, 2.05) is 25.3 Å². The molecule has 0 spiro atoms. The molecule has 0 N–H and O–H groups in total. The summed E-state index contributed by atoms with van der Waals surface area (Å²) < 4.78 is 9.26. The van der Waals surface area contributed by atoms with Crippen LogP contribution < -0.4 is 21.5 Å². The van der Waals surface area contributed by atoms with Crippen molar-refractivity contribution in [3.8, 4) is 5.69 Å². The first-order valence-corrected chi connectivity index (χ1v) is 8.09. The first-order valence-electron chi connectivity index (χ1n) is 8.09. The molecular formula is C18H25BrN2O2. The lowest BCUT2D eigenvalue weighted by atomic mass is 10.2. The smallest absolute Gasteiger partial charge is 0.338 e. The molecule has 0 aliphatic carbocycles. The van der Waals surface area contributed by atoms with E-state index in [2.05, 4.69) is 28.6 Å². The third-order valence-corrected chi connectivity index (χ3v) is 3.64. The lowest BCUT2D eigenvalue weighted by Crippen LogP contribution is -3.00. The summed E-state index contributed by atoms with van der Waals surface area (Å²) in [6.45, 7) is 5.49. The lowest BCUT2D eigenvalue weighted by molar-refractivity contribution is -0.696. The van der Waals surface area contributed by atoms with Crippen LogP contribution in [0.25, 0.3) is 5.69 Å². The second-order valence-electron chi connectivity index (χ2n) is 5.39. The number of esters is 1. The van der Waals surface area contributed by atoms with Crippen molar-refractivity contribution >= 4 is 5.97 Å². The van der Waals surface area contributed by atoms with Gasteiger partial charge in [0.15, 0.2) is 0 Å². The van der Waals surface area contributed by atoms with Crippen LogP contribution in [0.5, 0.6) is 0 Å². The molecule has 23 heavy (non-hydrogen) atoms. The molecule has 0 atom stereocenters. The second kappa shape index (κ2) is 10.2. The molecule has 1 aromatic carbocycles. The van der Waals surface area contributed by atoms with Crippen molar-refractivity contribution in [1.82, 2.24) is 4.57 Å². The van der Waals surface area contributed by atoms with Gasteiger partial charge in [0.1, 0.15) is 18.1 Å². The summed E-state index contributed by atoms with van der Waals surface area (Å²) >= 11 is 0. The van der Waals surface area contributed by atoms with E-state index in [0.29, 0.717) is 12.2 Å². The highest BCUT2D eigenvalue weighted by Gasteiger charge is 2.09. The van der Waals surface area contributed by atoms with E-state index in [9.17, 15) is 4.79 Å². The van der Waals surface area contributed by atoms with Crippen LogP contribution in [0.3, 0.4) is 0 Å². The minimum absolute atomic E-state index is 0. The molecule has 0 fully saturated rings. The number of hydrogen-bond donors (Lipinski definition) is 0. The molecule has 0 radical (unpaired) electrons. The number of hydrogen-bond acceptors (Lipinski definition) is 2. The number of halogens is 1. The van der Waals surface area contributed by atoms with Crippen molar-refractivity contribution in [3.05, 3.63) is 48.5 Å². The molecule has 126 valence electrons. The zero-order valence-corrected chi connectivity index (χ0v) is 15.5. The first-order chi connectivity index (χ1) is 10.7. The number of rotatable bonds is 8. The number of aryl methyl sites for hydroxylation is 1. The van der Waals surface area contributed by atoms with Crippen LogP contribution in [0.15, 0.2) is 43.0 Å². The molecule has 0 aliphatic rings. The van der Waals surface area contributed by atoms with Gasteiger partial charge >= 0.3 is 5.97 Å². The Labute approximate surface area is 148 Å². The van der Waals surface area contributed by atoms with E-state index in [1.54, 1.807) is 12.1 Å². The Morgan fingerprint density at radius 3 is 2.52 bits per heavy atom. The zero-order valence-electron chi connectivity index (χ0n) is 13.9. The fourth-order valence-electron chi connectivity index (χ4n) is 2.38. The molecule has 2 aromatic rings. The number of aromatic nitrogens is 2. The molecule has 2 rings (SSSR count). The molecular weight excluding hydrogens is 356 g/mol. The number of benzene rings is 1. The highest BCUT2D eigenvalue weighted by molar-refractivity contribution is 5.89. The predicted molar refractivity (Wildman–Crippen MR) is 86.1 cm³/mol. The van der Waals surface area contributed by atoms with Gasteiger partial charge < -0.3 is 21.7 Å². The van der Waals surface area contributed by atoms with Gasteiger partial charge in [0.25, 0.3) is 0 Å². The van der Waals surface area contributed by atoms with Crippen LogP contribution in [0.4, 0.5) is 0 Å². The van der Waals surface area contributed by atoms with Gasteiger partial charge in [-0.25, -0.2) is 13.9 Å². The summed E-state index contributed by atoms with van der Waals surface area (Å²) in [7, 11) is 0. The minimum Gasteiger partial charge on any atom is -1.00 e. The summed E-state index contributed by atoms with van der Waals surface area (Å²) in [5.41, 5.74) is 1.63. The quantitative estimate of drug-likeness (QED) is 0.380. The van der Waals surface area contributed by atoms with Crippen molar-refractivity contribution in [1.29, 1.82) is 0 Å². The molecule has 5 heteroatoms. The average molecular weight is 381 g/mol. The molecule has 0 bridgehead atoms. The Morgan fingerprint density at radius 2 is 1.87 bits per heavy atom. The Morgan fingerprint density at radius 1 is 1.13 bits per heavy atom. The summed E-state index contributed by atoms with van der Waals surface area (Å²) in [6, 6.07) is 7.49. The van der Waals surface area contributed by atoms with Crippen LogP contribution in [0.2, 0.25) is 0 Å². The minimum atomic E-state index is -0.271. The normalized spacial score (nSPS) is 10.2. The zero-order chi connectivity index (χ0) is 15.8. The van der Waals surface area contributed by atoms with Crippen LogP contribution >= 0.6 is 0 Å². The van der Waals surface area contributed by atoms with E-state index in [-0.39, 0.29) is 23.0 Å². The third-order valence-electron chi connectivity index (χ3n) is 3.64. The Hall–Kier alpha value is -1.62. The summed E-state index contributed by atoms with van der Waals surface area (Å²) in [4.78, 5) is 11.6. The molecule has 0 unspecified atom stereocenters. The SMILES string of the molecule is CCCCCC[n+]1ccn(-c2ccc(C(=O)OCC)cc2)c1.[Br-]. The van der Waals surface area contributed by atoms with Gasteiger partial charge in [0, 0.05) is 0 Å². The maximum atomic E-state index is 11.6. The van der Waals surface area contributed by atoms with Crippen molar-refractivity contribution in [3.63, 3.8) is 0 Å². The van der Waals surface area contributed by atoms with Gasteiger partial charge in [-0.15, -0.1) is 0 Å². The Kier molecular flexibility index (Phi) is 8.62. The van der Waals surface area contributed by atoms with Gasteiger partial charge in [-0.1, -0.05) is 19.8 Å². The molecule has 1 aromatic heterocycles. The number of carbonyl (C=O) groups excluding carboxylic acids is 1. The van der Waals surface area contributed by atoms with Gasteiger partial charge in [-0.2, -0.15) is 0 Å². The number of imidazole rings is 1. The maximum absolute atomic E-state index is 11.6. The van der Waals surface area contributed by atoms with Crippen molar-refractivity contribution in [2.45, 2.75) is 46.1 Å². The fraction of sp³-hybridized carbons (Fsp3) is 0.444. The number of ether oxygens (including phenoxy) is 1. The molecule has 0 aliphatic heterocycles. The number of carbonyl (C=O) groups is 1. The number of unbranched alkanes of at least 4 members (excludes halogenated alkanes) is 3. The molecule has 1 heterocycles. The van der Waals surface area contributed by atoms with Crippen LogP contribution in [0.1, 0.15) is 49.9 Å². The van der Waals surface area contributed by atoms with E-state index >= 15 is 0 Å². The van der Waals surface area contributed by atoms with Crippen LogP contribution in [0, 0.1) is 0 Å². The standard InChI is InChI=1S/C18H25N2O2.BrH/c1-3-5-6-7-12-19-13-14-20(15-19)17-10-8-16(9-11-17)18(21)22-4-2;/h8-11,13-15H,3-7,12H2,1-2H3;1H/q+1;/p-1. The van der Waals surface area contributed by atoms with Crippen LogP contribution in [-0.4, -0.2) is 17.1 Å². The third kappa shape index (κ3) is 5.82. The van der Waals surface area contributed by atoms with Gasteiger partial charge in [-0.3, -0.25) is 0 Å². The molecule has 4 nitrogen and oxygen atoms in total. The summed E-state index contributed by atoms with van der Waals surface area (Å²) in [5, 5.41) is 0. The number of nitrogens with zero attached hydrogens (tertiary/aromatic N) is 2. The van der Waals surface area contributed by atoms with E-state index < -0.39 is 0 Å². The van der Waals surface area contributed by atoms with Crippen molar-refractivity contribution < 1.29 is 31.1 Å². The Bertz CT molecular complexity index is 593. The average Bonchev–Trinajstić information content (AvgIpc) is 3.01. The lowest BCUT2D eigenvalue weighted by Gasteiger charge is -2.02. The topological polar surface area (TPSA) is 35.1 Å². The predicted octanol–water partition coefficient (Wildman–Crippen LogP) is 0.526. The maximum Gasteiger partial charge on any atom is 0.338 e. The van der Waals surface area contributed by atoms with Gasteiger partial charge in [0.2, 0.25) is 6.33 Å². The molecule has 0 saturated carbocycles. The monoisotopic (exact) mass is 380 g/mol. The first kappa shape index (κ1) is 19.4. The molecule has 0 amide bonds. The molecule has 0 saturated heterocycles. The fourth-order valence-corrected chi connectivity index (χ4v) is 2.38. The largest absolute Gasteiger partial charge is 1.00 e. The van der Waals surface area contributed by atoms with Crippen LogP contribution in [-0.2, 0) is 11.3 Å².